The fourth-order valence-electron chi connectivity index (χ4n) is 8.30. The smallest absolute Gasteiger partial charge is 0.305 e. The number of carboxylic acids is 1. The Morgan fingerprint density at radius 2 is 1.81 bits per heavy atom. The predicted octanol–water partition coefficient (Wildman–Crippen LogP) is 3.82. The maximum absolute atomic E-state index is 13.7. The van der Waals surface area contributed by atoms with Crippen LogP contribution in [0.15, 0.2) is 28.0 Å². The molecule has 2 aliphatic carbocycles. The number of benzene rings is 1. The van der Waals surface area contributed by atoms with E-state index in [1.807, 2.05) is 11.0 Å². The van der Waals surface area contributed by atoms with E-state index in [2.05, 4.69) is 4.98 Å². The Bertz CT molecular complexity index is 1550. The highest BCUT2D eigenvalue weighted by Crippen LogP contribution is 2.69. The van der Waals surface area contributed by atoms with Gasteiger partial charge in [-0.2, -0.15) is 0 Å². The molecule has 0 spiro atoms. The number of carboxylic acid groups (broad SMARTS) is 1. The van der Waals surface area contributed by atoms with Crippen molar-refractivity contribution in [2.75, 3.05) is 26.2 Å². The van der Waals surface area contributed by atoms with Crippen LogP contribution < -0.4 is 9.61 Å². The van der Waals surface area contributed by atoms with Gasteiger partial charge >= 0.3 is 10.8 Å². The summed E-state index contributed by atoms with van der Waals surface area (Å²) in [5.74, 6) is -2.29. The molecule has 10 nitrogen and oxygen atoms in total. The lowest BCUT2D eigenvalue weighted by Gasteiger charge is -2.43. The van der Waals surface area contributed by atoms with E-state index in [1.165, 1.54) is 4.90 Å². The molecule has 2 N–H and O–H groups in total. The summed E-state index contributed by atoms with van der Waals surface area (Å²) in [7, 11) is 0. The van der Waals surface area contributed by atoms with E-state index in [4.69, 9.17) is 21.4 Å². The number of hydrogen-bond donors (Lipinski definition) is 2. The number of nitrogens with zero attached hydrogens (tertiary/aromatic N) is 2. The number of piperidine rings is 1. The van der Waals surface area contributed by atoms with Crippen molar-refractivity contribution in [1.29, 1.82) is 0 Å². The number of aromatic amines is 1. The number of amides is 3. The Hall–Kier alpha value is -2.83. The number of H-pyrrole nitrogens is 1. The van der Waals surface area contributed by atoms with Crippen molar-refractivity contribution < 1.29 is 29.0 Å². The zero-order chi connectivity index (χ0) is 30.0. The summed E-state index contributed by atoms with van der Waals surface area (Å²) in [6.45, 7) is 1.47. The molecule has 3 aliphatic heterocycles. The van der Waals surface area contributed by atoms with Gasteiger partial charge in [0.15, 0.2) is 6.61 Å². The SMILES string of the molecule is O=C(O)CCCN1C(=O)C2C3CC(C2C1=O)C1C3Sc2[nH]c(=O)sc2[C@@H]1c1cc(Cl)ccc1OCC(=O)N1CCCCC1. The highest BCUT2D eigenvalue weighted by Gasteiger charge is 2.69. The third kappa shape index (κ3) is 4.89. The Balaban J connectivity index is 1.22. The average Bonchev–Trinajstić information content (AvgIpc) is 3.72. The van der Waals surface area contributed by atoms with Crippen molar-refractivity contribution in [3.63, 3.8) is 0 Å². The van der Waals surface area contributed by atoms with Crippen molar-refractivity contribution in [3.05, 3.63) is 43.3 Å². The molecule has 1 aromatic heterocycles. The van der Waals surface area contributed by atoms with Gasteiger partial charge in [-0.3, -0.25) is 28.9 Å². The number of carbonyl (C=O) groups is 4. The number of hydrogen-bond acceptors (Lipinski definition) is 8. The standard InChI is InChI=1S/C30H32ClN3O7S2/c31-14-6-7-18(41-13-19(35)33-8-2-1-3-9-33)15(11-14)21-22-16-12-17(25(22)42-27-26(21)43-30(40)32-27)24-23(16)28(38)34(29(24)39)10-4-5-20(36)37/h6-7,11,16-17,21-25H,1-5,8-10,12-13H2,(H,32,40)(H,36,37)/t16?,17?,21-,22?,23?,24?,25?/m1/s1. The van der Waals surface area contributed by atoms with Crippen LogP contribution in [0.25, 0.3) is 0 Å². The molecule has 2 saturated carbocycles. The summed E-state index contributed by atoms with van der Waals surface area (Å²) in [4.78, 5) is 70.7. The van der Waals surface area contributed by atoms with E-state index in [-0.39, 0.29) is 77.5 Å². The molecule has 6 unspecified atom stereocenters. The maximum Gasteiger partial charge on any atom is 0.305 e. The van der Waals surface area contributed by atoms with Crippen molar-refractivity contribution in [2.45, 2.75) is 54.7 Å². The van der Waals surface area contributed by atoms with E-state index in [0.717, 1.165) is 65.6 Å². The topological polar surface area (TPSA) is 137 Å². The minimum atomic E-state index is -0.957. The van der Waals surface area contributed by atoms with Crippen LogP contribution in [-0.4, -0.2) is 75.1 Å². The van der Waals surface area contributed by atoms with Gasteiger partial charge in [0.1, 0.15) is 5.75 Å². The predicted molar refractivity (Wildman–Crippen MR) is 159 cm³/mol. The van der Waals surface area contributed by atoms with Gasteiger partial charge in [0.2, 0.25) is 11.8 Å². The minimum Gasteiger partial charge on any atom is -0.483 e. The second-order valence-corrected chi connectivity index (χ2v) is 14.8. The average molecular weight is 646 g/mol. The van der Waals surface area contributed by atoms with Gasteiger partial charge in [0.05, 0.1) is 16.9 Å². The molecule has 13 heteroatoms. The number of fused-ring (bicyclic) bond motifs is 9. The van der Waals surface area contributed by atoms with Crippen LogP contribution in [-0.2, 0) is 19.2 Å². The Labute approximate surface area is 261 Å². The number of nitrogens with one attached hydrogen (secondary N) is 1. The van der Waals surface area contributed by atoms with E-state index in [0.29, 0.717) is 10.8 Å². The van der Waals surface area contributed by atoms with Crippen molar-refractivity contribution in [2.24, 2.45) is 29.6 Å². The molecule has 228 valence electrons. The molecule has 7 rings (SSSR count). The van der Waals surface area contributed by atoms with E-state index in [1.54, 1.807) is 23.9 Å². The number of rotatable bonds is 8. The molecule has 1 aromatic carbocycles. The van der Waals surface area contributed by atoms with Crippen LogP contribution in [0.1, 0.15) is 54.9 Å². The highest BCUT2D eigenvalue weighted by molar-refractivity contribution is 8.00. The first-order valence-corrected chi connectivity index (χ1v) is 17.0. The number of carbonyl (C=O) groups excluding carboxylic acids is 3. The number of imide groups is 1. The van der Waals surface area contributed by atoms with Gasteiger partial charge in [0.25, 0.3) is 5.91 Å². The monoisotopic (exact) mass is 645 g/mol. The summed E-state index contributed by atoms with van der Waals surface area (Å²) < 4.78 is 6.20. The van der Waals surface area contributed by atoms with Crippen LogP contribution in [0.2, 0.25) is 5.02 Å². The third-order valence-corrected chi connectivity index (χ3v) is 12.8. The number of thiazole rings is 1. The number of aromatic nitrogens is 1. The minimum absolute atomic E-state index is 0.00784. The third-order valence-electron chi connectivity index (χ3n) is 9.95. The molecule has 7 atom stereocenters. The van der Waals surface area contributed by atoms with Crippen molar-refractivity contribution >= 4 is 58.4 Å². The zero-order valence-electron chi connectivity index (χ0n) is 23.3. The van der Waals surface area contributed by atoms with Crippen LogP contribution in [0.3, 0.4) is 0 Å². The lowest BCUT2D eigenvalue weighted by Crippen LogP contribution is -2.43. The number of likely N-dealkylation sites (tertiary alicyclic amines) is 2. The molecule has 2 aromatic rings. The lowest BCUT2D eigenvalue weighted by atomic mass is 9.68. The molecule has 3 amide bonds. The second-order valence-electron chi connectivity index (χ2n) is 12.2. The first-order chi connectivity index (χ1) is 20.7. The molecule has 2 saturated heterocycles. The first kappa shape index (κ1) is 28.9. The van der Waals surface area contributed by atoms with Crippen LogP contribution in [0, 0.1) is 29.6 Å². The number of halogens is 1. The van der Waals surface area contributed by atoms with Gasteiger partial charge in [-0.15, -0.1) is 11.8 Å². The summed E-state index contributed by atoms with van der Waals surface area (Å²) in [6.07, 6.45) is 3.95. The lowest BCUT2D eigenvalue weighted by molar-refractivity contribution is -0.142. The zero-order valence-corrected chi connectivity index (χ0v) is 25.7. The molecule has 5 aliphatic rings. The van der Waals surface area contributed by atoms with E-state index in [9.17, 15) is 24.0 Å². The summed E-state index contributed by atoms with van der Waals surface area (Å²) in [5.41, 5.74) is 0.782. The number of ether oxygens (including phenoxy) is 1. The summed E-state index contributed by atoms with van der Waals surface area (Å²) in [6, 6.07) is 5.35. The van der Waals surface area contributed by atoms with E-state index >= 15 is 0 Å². The molecule has 4 fully saturated rings. The Kier molecular flexibility index (Phi) is 7.58. The molecule has 4 heterocycles. The molecule has 0 radical (unpaired) electrons. The van der Waals surface area contributed by atoms with Gasteiger partial charge in [-0.25, -0.2) is 0 Å². The number of aliphatic carboxylic acids is 1. The van der Waals surface area contributed by atoms with Gasteiger partial charge in [-0.05, 0) is 68.1 Å². The second kappa shape index (κ2) is 11.3. The van der Waals surface area contributed by atoms with Crippen molar-refractivity contribution in [3.8, 4) is 5.75 Å². The Morgan fingerprint density at radius 1 is 1.07 bits per heavy atom. The highest BCUT2D eigenvalue weighted by atomic mass is 35.5. The van der Waals surface area contributed by atoms with Gasteiger partial charge < -0.3 is 19.7 Å². The first-order valence-electron chi connectivity index (χ1n) is 14.9. The molecular formula is C30H32ClN3O7S2. The van der Waals surface area contributed by atoms with Crippen molar-refractivity contribution in [1.82, 2.24) is 14.8 Å². The summed E-state index contributed by atoms with van der Waals surface area (Å²) in [5, 5.41) is 10.3. The largest absolute Gasteiger partial charge is 0.483 e. The van der Waals surface area contributed by atoms with E-state index < -0.39 is 17.8 Å². The number of thioether (sulfide) groups is 1. The summed E-state index contributed by atoms with van der Waals surface area (Å²) >= 11 is 9.29. The van der Waals surface area contributed by atoms with Gasteiger partial charge in [0, 0.05) is 52.7 Å². The fraction of sp³-hybridized carbons (Fsp3) is 0.567. The molecule has 43 heavy (non-hydrogen) atoms. The molecule has 2 bridgehead atoms. The molecular weight excluding hydrogens is 614 g/mol. The quantitative estimate of drug-likeness (QED) is 0.414. The van der Waals surface area contributed by atoms with Crippen LogP contribution >= 0.6 is 34.7 Å². The van der Waals surface area contributed by atoms with Crippen LogP contribution in [0.4, 0.5) is 0 Å². The van der Waals surface area contributed by atoms with Gasteiger partial charge in [-0.1, -0.05) is 22.9 Å². The maximum atomic E-state index is 13.7. The van der Waals surface area contributed by atoms with Crippen LogP contribution in [0.5, 0.6) is 5.75 Å². The fourth-order valence-corrected chi connectivity index (χ4v) is 11.4. The normalized spacial score (nSPS) is 30.8. The Morgan fingerprint density at radius 3 is 2.56 bits per heavy atom.